The van der Waals surface area contributed by atoms with E-state index in [0.717, 1.165) is 18.9 Å². The van der Waals surface area contributed by atoms with Gasteiger partial charge in [0.05, 0.1) is 24.3 Å². The van der Waals surface area contributed by atoms with Crippen LogP contribution in [0.3, 0.4) is 0 Å². The highest BCUT2D eigenvalue weighted by Crippen LogP contribution is 2.40. The molecule has 0 aliphatic rings. The zero-order valence-electron chi connectivity index (χ0n) is 15.3. The van der Waals surface area contributed by atoms with E-state index in [2.05, 4.69) is 4.98 Å². The number of aliphatic carboxylic acids is 1. The molecule has 0 unspecified atom stereocenters. The molecule has 1 heterocycles. The van der Waals surface area contributed by atoms with Gasteiger partial charge in [0.1, 0.15) is 5.75 Å². The number of hydrogen-bond donors (Lipinski definition) is 2. The highest BCUT2D eigenvalue weighted by atomic mass is 19.4. The first kappa shape index (κ1) is 19.8. The Labute approximate surface area is 159 Å². The van der Waals surface area contributed by atoms with Crippen LogP contribution in [0.2, 0.25) is 0 Å². The third kappa shape index (κ3) is 4.13. The number of aromatic nitrogens is 1. The number of carbonyl (C=O) groups is 1. The monoisotopic (exact) mass is 391 g/mol. The van der Waals surface area contributed by atoms with Gasteiger partial charge in [-0.05, 0) is 36.2 Å². The Morgan fingerprint density at radius 3 is 2.61 bits per heavy atom. The predicted octanol–water partition coefficient (Wildman–Crippen LogP) is 5.66. The lowest BCUT2D eigenvalue weighted by molar-refractivity contribution is -0.137. The number of carboxylic acids is 1. The summed E-state index contributed by atoms with van der Waals surface area (Å²) in [5, 5.41) is 9.87. The number of carboxylic acid groups (broad SMARTS) is 1. The lowest BCUT2D eigenvalue weighted by Crippen LogP contribution is -2.08. The molecule has 7 heteroatoms. The van der Waals surface area contributed by atoms with Crippen LogP contribution in [0.1, 0.15) is 30.9 Å². The van der Waals surface area contributed by atoms with Crippen molar-refractivity contribution >= 4 is 16.9 Å². The maximum Gasteiger partial charge on any atom is 0.417 e. The van der Waals surface area contributed by atoms with Crippen LogP contribution < -0.4 is 4.74 Å². The zero-order valence-corrected chi connectivity index (χ0v) is 15.3. The minimum absolute atomic E-state index is 0.0732. The van der Waals surface area contributed by atoms with E-state index in [1.165, 1.54) is 18.2 Å². The van der Waals surface area contributed by atoms with E-state index >= 15 is 0 Å². The molecule has 28 heavy (non-hydrogen) atoms. The van der Waals surface area contributed by atoms with Gasteiger partial charge in [0.25, 0.3) is 0 Å². The largest absolute Gasteiger partial charge is 0.494 e. The molecule has 0 saturated heterocycles. The number of fused-ring (bicyclic) bond motifs is 1. The summed E-state index contributed by atoms with van der Waals surface area (Å²) in [6.45, 7) is 2.55. The number of benzene rings is 2. The highest BCUT2D eigenvalue weighted by molar-refractivity contribution is 5.95. The van der Waals surface area contributed by atoms with Crippen molar-refractivity contribution in [3.05, 3.63) is 53.6 Å². The molecule has 0 fully saturated rings. The van der Waals surface area contributed by atoms with Crippen LogP contribution in [0.5, 0.6) is 5.75 Å². The Hall–Kier alpha value is -2.96. The average molecular weight is 391 g/mol. The fourth-order valence-electron chi connectivity index (χ4n) is 3.16. The smallest absolute Gasteiger partial charge is 0.417 e. The molecule has 2 N–H and O–H groups in total. The van der Waals surface area contributed by atoms with Gasteiger partial charge >= 0.3 is 12.1 Å². The molecule has 148 valence electrons. The number of hydrogen-bond acceptors (Lipinski definition) is 2. The van der Waals surface area contributed by atoms with Crippen LogP contribution in [0, 0.1) is 0 Å². The highest BCUT2D eigenvalue weighted by Gasteiger charge is 2.34. The molecule has 0 amide bonds. The van der Waals surface area contributed by atoms with Crippen LogP contribution in [0.25, 0.3) is 22.2 Å². The van der Waals surface area contributed by atoms with Gasteiger partial charge in [-0.25, -0.2) is 0 Å². The Bertz CT molecular complexity index is 992. The number of unbranched alkanes of at least 4 members (excludes halogenated alkanes) is 1. The Balaban J connectivity index is 2.16. The van der Waals surface area contributed by atoms with E-state index < -0.39 is 24.1 Å². The van der Waals surface area contributed by atoms with Crippen molar-refractivity contribution in [1.82, 2.24) is 4.98 Å². The van der Waals surface area contributed by atoms with Crippen LogP contribution >= 0.6 is 0 Å². The van der Waals surface area contributed by atoms with Crippen LogP contribution in [-0.2, 0) is 17.4 Å². The van der Waals surface area contributed by atoms with Gasteiger partial charge in [-0.1, -0.05) is 31.5 Å². The minimum atomic E-state index is -4.55. The number of H-pyrrole nitrogens is 1. The second-order valence-electron chi connectivity index (χ2n) is 6.50. The zero-order chi connectivity index (χ0) is 20.3. The summed E-state index contributed by atoms with van der Waals surface area (Å²) in [7, 11) is 0. The Kier molecular flexibility index (Phi) is 5.63. The number of nitrogens with one attached hydrogen (secondary N) is 1. The fourth-order valence-corrected chi connectivity index (χ4v) is 3.16. The average Bonchev–Trinajstić information content (AvgIpc) is 2.98. The third-order valence-electron chi connectivity index (χ3n) is 4.47. The third-order valence-corrected chi connectivity index (χ3v) is 4.47. The van der Waals surface area contributed by atoms with Crippen molar-refractivity contribution in [3.63, 3.8) is 0 Å². The second-order valence-corrected chi connectivity index (χ2v) is 6.50. The molecule has 0 spiro atoms. The van der Waals surface area contributed by atoms with E-state index in [4.69, 9.17) is 4.74 Å². The van der Waals surface area contributed by atoms with E-state index in [-0.39, 0.29) is 11.3 Å². The van der Waals surface area contributed by atoms with Crippen LogP contribution in [-0.4, -0.2) is 22.7 Å². The first-order chi connectivity index (χ1) is 13.3. The quantitative estimate of drug-likeness (QED) is 0.511. The summed E-state index contributed by atoms with van der Waals surface area (Å²) in [5.74, 6) is -0.564. The maximum atomic E-state index is 13.5. The van der Waals surface area contributed by atoms with E-state index in [0.29, 0.717) is 28.8 Å². The molecule has 0 aliphatic heterocycles. The van der Waals surface area contributed by atoms with Gasteiger partial charge in [0.2, 0.25) is 0 Å². The molecular weight excluding hydrogens is 371 g/mol. The fraction of sp³-hybridized carbons (Fsp3) is 0.286. The number of rotatable bonds is 7. The summed E-state index contributed by atoms with van der Waals surface area (Å²) in [6, 6.07) is 10.2. The summed E-state index contributed by atoms with van der Waals surface area (Å²) >= 11 is 0. The van der Waals surface area contributed by atoms with Gasteiger partial charge < -0.3 is 14.8 Å². The van der Waals surface area contributed by atoms with E-state index in [9.17, 15) is 23.1 Å². The standard InChI is InChI=1S/C21H20F3NO3/c1-2-3-10-28-13-8-9-18-15(11-13)16(12-19(26)27)20(25-18)14-6-4-5-7-17(14)21(22,23)24/h4-9,11,25H,2-3,10,12H2,1H3,(H,26,27). The number of ether oxygens (including phenoxy) is 1. The van der Waals surface area contributed by atoms with Gasteiger partial charge in [-0.3, -0.25) is 4.79 Å². The molecule has 0 radical (unpaired) electrons. The summed E-state index contributed by atoms with van der Waals surface area (Å²) in [6.07, 6.45) is -3.12. The van der Waals surface area contributed by atoms with Crippen LogP contribution in [0.15, 0.2) is 42.5 Å². The van der Waals surface area contributed by atoms with Crippen molar-refractivity contribution in [1.29, 1.82) is 0 Å². The summed E-state index contributed by atoms with van der Waals surface area (Å²) in [4.78, 5) is 14.4. The SMILES string of the molecule is CCCCOc1ccc2[nH]c(-c3ccccc3C(F)(F)F)c(CC(=O)O)c2c1. The van der Waals surface area contributed by atoms with Crippen molar-refractivity contribution in [2.75, 3.05) is 6.61 Å². The summed E-state index contributed by atoms with van der Waals surface area (Å²) < 4.78 is 46.1. The van der Waals surface area contributed by atoms with Crippen molar-refractivity contribution < 1.29 is 27.8 Å². The van der Waals surface area contributed by atoms with Gasteiger partial charge in [0.15, 0.2) is 0 Å². The van der Waals surface area contributed by atoms with Gasteiger partial charge in [-0.2, -0.15) is 13.2 Å². The molecule has 3 rings (SSSR count). The number of halogens is 3. The lowest BCUT2D eigenvalue weighted by atomic mass is 9.98. The molecule has 4 nitrogen and oxygen atoms in total. The van der Waals surface area contributed by atoms with Crippen molar-refractivity contribution in [3.8, 4) is 17.0 Å². The van der Waals surface area contributed by atoms with Crippen LogP contribution in [0.4, 0.5) is 13.2 Å². The molecule has 0 aliphatic carbocycles. The minimum Gasteiger partial charge on any atom is -0.494 e. The first-order valence-corrected chi connectivity index (χ1v) is 8.97. The van der Waals surface area contributed by atoms with E-state index in [1.54, 1.807) is 18.2 Å². The number of alkyl halides is 3. The topological polar surface area (TPSA) is 62.3 Å². The molecule has 0 bridgehead atoms. The molecule has 2 aromatic carbocycles. The van der Waals surface area contributed by atoms with Gasteiger partial charge in [0, 0.05) is 16.5 Å². The second kappa shape index (κ2) is 7.96. The van der Waals surface area contributed by atoms with Gasteiger partial charge in [-0.15, -0.1) is 0 Å². The van der Waals surface area contributed by atoms with E-state index in [1.807, 2.05) is 6.92 Å². The Morgan fingerprint density at radius 2 is 1.93 bits per heavy atom. The number of aromatic amines is 1. The molecule has 0 atom stereocenters. The lowest BCUT2D eigenvalue weighted by Gasteiger charge is -2.13. The normalized spacial score (nSPS) is 11.7. The molecular formula is C21H20F3NO3. The predicted molar refractivity (Wildman–Crippen MR) is 100 cm³/mol. The molecule has 0 saturated carbocycles. The molecule has 1 aromatic heterocycles. The summed E-state index contributed by atoms with van der Waals surface area (Å²) in [5.41, 5.74) is 0.144. The first-order valence-electron chi connectivity index (χ1n) is 8.97. The van der Waals surface area contributed by atoms with Crippen molar-refractivity contribution in [2.45, 2.75) is 32.4 Å². The van der Waals surface area contributed by atoms with Crippen molar-refractivity contribution in [2.24, 2.45) is 0 Å². The molecule has 3 aromatic rings. The Morgan fingerprint density at radius 1 is 1.18 bits per heavy atom. The maximum absolute atomic E-state index is 13.5.